The molecular formula is C22H25N3O2. The first-order chi connectivity index (χ1) is 13.3. The molecule has 0 bridgehead atoms. The molecule has 0 atom stereocenters. The molecule has 3 aromatic rings. The van der Waals surface area contributed by atoms with E-state index in [-0.39, 0.29) is 0 Å². The number of nitrogens with zero attached hydrogens (tertiary/aromatic N) is 2. The molecule has 0 unspecified atom stereocenters. The summed E-state index contributed by atoms with van der Waals surface area (Å²) >= 11 is 0. The fraction of sp³-hybridized carbons (Fsp3) is 0.318. The van der Waals surface area contributed by atoms with E-state index < -0.39 is 0 Å². The van der Waals surface area contributed by atoms with Crippen LogP contribution in [0, 0.1) is 0 Å². The minimum atomic E-state index is 0.749. The van der Waals surface area contributed by atoms with Crippen molar-refractivity contribution >= 4 is 16.7 Å². The number of rotatable bonds is 6. The Kier molecular flexibility index (Phi) is 5.51. The number of fused-ring (bicyclic) bond motifs is 1. The van der Waals surface area contributed by atoms with Crippen molar-refractivity contribution in [3.05, 3.63) is 65.7 Å². The number of nitrogens with one attached hydrogen (secondary N) is 1. The minimum absolute atomic E-state index is 0.749. The van der Waals surface area contributed by atoms with Crippen LogP contribution >= 0.6 is 0 Å². The van der Waals surface area contributed by atoms with Crippen LogP contribution in [-0.4, -0.2) is 38.4 Å². The van der Waals surface area contributed by atoms with Gasteiger partial charge in [-0.2, -0.15) is 0 Å². The highest BCUT2D eigenvalue weighted by Crippen LogP contribution is 2.25. The predicted octanol–water partition coefficient (Wildman–Crippen LogP) is 3.37. The van der Waals surface area contributed by atoms with Gasteiger partial charge in [-0.15, -0.1) is 0 Å². The van der Waals surface area contributed by atoms with E-state index in [4.69, 9.17) is 14.5 Å². The summed E-state index contributed by atoms with van der Waals surface area (Å²) in [5.41, 5.74) is 3.40. The molecule has 0 aliphatic carbocycles. The molecule has 0 amide bonds. The Hall–Kier alpha value is -2.63. The van der Waals surface area contributed by atoms with Crippen molar-refractivity contribution in [3.63, 3.8) is 0 Å². The average molecular weight is 363 g/mol. The lowest BCUT2D eigenvalue weighted by Gasteiger charge is -2.30. The van der Waals surface area contributed by atoms with E-state index in [9.17, 15) is 0 Å². The summed E-state index contributed by atoms with van der Waals surface area (Å²) in [4.78, 5) is 7.29. The van der Waals surface area contributed by atoms with Gasteiger partial charge in [-0.1, -0.05) is 36.4 Å². The van der Waals surface area contributed by atoms with Gasteiger partial charge < -0.3 is 19.7 Å². The van der Waals surface area contributed by atoms with Crippen LogP contribution in [0.1, 0.15) is 11.1 Å². The summed E-state index contributed by atoms with van der Waals surface area (Å²) in [5, 5.41) is 4.73. The first-order valence-electron chi connectivity index (χ1n) is 9.39. The van der Waals surface area contributed by atoms with E-state index in [2.05, 4.69) is 40.5 Å². The average Bonchev–Trinajstić information content (AvgIpc) is 2.74. The van der Waals surface area contributed by atoms with Crippen molar-refractivity contribution in [2.45, 2.75) is 13.1 Å². The maximum atomic E-state index is 5.51. The summed E-state index contributed by atoms with van der Waals surface area (Å²) in [6.07, 6.45) is 0. The first-order valence-corrected chi connectivity index (χ1v) is 9.39. The van der Waals surface area contributed by atoms with Crippen LogP contribution < -0.4 is 15.0 Å². The van der Waals surface area contributed by atoms with Crippen molar-refractivity contribution < 1.29 is 9.47 Å². The fourth-order valence-corrected chi connectivity index (χ4v) is 3.51. The Labute approximate surface area is 159 Å². The molecule has 2 heterocycles. The van der Waals surface area contributed by atoms with Gasteiger partial charge in [0.15, 0.2) is 0 Å². The first kappa shape index (κ1) is 17.8. The van der Waals surface area contributed by atoms with Crippen molar-refractivity contribution in [1.29, 1.82) is 0 Å². The third-order valence-corrected chi connectivity index (χ3v) is 4.91. The molecule has 1 saturated heterocycles. The van der Waals surface area contributed by atoms with E-state index in [0.29, 0.717) is 0 Å². The van der Waals surface area contributed by atoms with E-state index in [1.807, 2.05) is 24.3 Å². The SMILES string of the molecule is COc1ccccc1CNCc1cc2ccccc2nc1N1CCOCC1. The monoisotopic (exact) mass is 363 g/mol. The van der Waals surface area contributed by atoms with E-state index in [0.717, 1.165) is 62.0 Å². The highest BCUT2D eigenvalue weighted by atomic mass is 16.5. The van der Waals surface area contributed by atoms with Crippen molar-refractivity contribution in [2.24, 2.45) is 0 Å². The van der Waals surface area contributed by atoms with Gasteiger partial charge >= 0.3 is 0 Å². The number of hydrogen-bond acceptors (Lipinski definition) is 5. The smallest absolute Gasteiger partial charge is 0.133 e. The second kappa shape index (κ2) is 8.37. The maximum Gasteiger partial charge on any atom is 0.133 e. The van der Waals surface area contributed by atoms with Crippen LogP contribution in [0.15, 0.2) is 54.6 Å². The Morgan fingerprint density at radius 3 is 2.59 bits per heavy atom. The van der Waals surface area contributed by atoms with Crippen LogP contribution in [0.3, 0.4) is 0 Å². The van der Waals surface area contributed by atoms with Gasteiger partial charge in [0.05, 0.1) is 25.8 Å². The zero-order valence-corrected chi connectivity index (χ0v) is 15.6. The molecule has 1 fully saturated rings. The number of pyridine rings is 1. The number of anilines is 1. The van der Waals surface area contributed by atoms with Gasteiger partial charge in [0.2, 0.25) is 0 Å². The molecule has 1 N–H and O–H groups in total. The van der Waals surface area contributed by atoms with Crippen LogP contribution in [0.4, 0.5) is 5.82 Å². The number of morpholine rings is 1. The molecule has 1 aliphatic heterocycles. The van der Waals surface area contributed by atoms with Crippen LogP contribution in [0.2, 0.25) is 0 Å². The molecule has 1 aromatic heterocycles. The maximum absolute atomic E-state index is 5.51. The lowest BCUT2D eigenvalue weighted by Crippen LogP contribution is -2.37. The van der Waals surface area contributed by atoms with Gasteiger partial charge in [-0.3, -0.25) is 0 Å². The number of methoxy groups -OCH3 is 1. The quantitative estimate of drug-likeness (QED) is 0.728. The van der Waals surface area contributed by atoms with Crippen LogP contribution in [0.5, 0.6) is 5.75 Å². The molecule has 0 radical (unpaired) electrons. The summed E-state index contributed by atoms with van der Waals surface area (Å²) in [5.74, 6) is 1.97. The topological polar surface area (TPSA) is 46.6 Å². The minimum Gasteiger partial charge on any atom is -0.496 e. The molecule has 5 heteroatoms. The highest BCUT2D eigenvalue weighted by Gasteiger charge is 2.17. The van der Waals surface area contributed by atoms with E-state index in [1.54, 1.807) is 7.11 Å². The summed E-state index contributed by atoms with van der Waals surface area (Å²) in [7, 11) is 1.71. The summed E-state index contributed by atoms with van der Waals surface area (Å²) in [6.45, 7) is 4.77. The third kappa shape index (κ3) is 4.04. The second-order valence-corrected chi connectivity index (χ2v) is 6.68. The molecule has 27 heavy (non-hydrogen) atoms. The number of benzene rings is 2. The Bertz CT molecular complexity index is 907. The van der Waals surface area contributed by atoms with Gasteiger partial charge in [-0.25, -0.2) is 4.98 Å². The molecule has 1 aliphatic rings. The van der Waals surface area contributed by atoms with E-state index >= 15 is 0 Å². The molecule has 0 saturated carbocycles. The lowest BCUT2D eigenvalue weighted by molar-refractivity contribution is 0.122. The zero-order valence-electron chi connectivity index (χ0n) is 15.6. The fourth-order valence-electron chi connectivity index (χ4n) is 3.51. The molecule has 4 rings (SSSR count). The molecular weight excluding hydrogens is 338 g/mol. The van der Waals surface area contributed by atoms with Crippen LogP contribution in [-0.2, 0) is 17.8 Å². The Balaban J connectivity index is 1.57. The molecule has 2 aromatic carbocycles. The highest BCUT2D eigenvalue weighted by molar-refractivity contribution is 5.81. The Morgan fingerprint density at radius 2 is 1.74 bits per heavy atom. The van der Waals surface area contributed by atoms with Gasteiger partial charge in [0, 0.05) is 42.7 Å². The number of hydrogen-bond donors (Lipinski definition) is 1. The third-order valence-electron chi connectivity index (χ3n) is 4.91. The number of para-hydroxylation sites is 2. The molecule has 5 nitrogen and oxygen atoms in total. The normalized spacial score (nSPS) is 14.5. The summed E-state index contributed by atoms with van der Waals surface area (Å²) < 4.78 is 11.0. The van der Waals surface area contributed by atoms with Crippen molar-refractivity contribution in [3.8, 4) is 5.75 Å². The molecule has 140 valence electrons. The van der Waals surface area contributed by atoms with Gasteiger partial charge in [-0.05, 0) is 18.2 Å². The predicted molar refractivity (Wildman–Crippen MR) is 108 cm³/mol. The van der Waals surface area contributed by atoms with Gasteiger partial charge in [0.1, 0.15) is 11.6 Å². The van der Waals surface area contributed by atoms with E-state index in [1.165, 1.54) is 10.9 Å². The number of aromatic nitrogens is 1. The lowest BCUT2D eigenvalue weighted by atomic mass is 10.1. The Morgan fingerprint density at radius 1 is 1.00 bits per heavy atom. The van der Waals surface area contributed by atoms with Crippen LogP contribution in [0.25, 0.3) is 10.9 Å². The van der Waals surface area contributed by atoms with Crippen molar-refractivity contribution in [1.82, 2.24) is 10.3 Å². The van der Waals surface area contributed by atoms with Crippen molar-refractivity contribution in [2.75, 3.05) is 38.3 Å². The standard InChI is InChI=1S/C22H25N3O2/c1-26-21-9-5-3-7-18(21)15-23-16-19-14-17-6-2-4-8-20(17)24-22(19)25-10-12-27-13-11-25/h2-9,14,23H,10-13,15-16H2,1H3. The zero-order chi connectivity index (χ0) is 18.5. The summed E-state index contributed by atoms with van der Waals surface area (Å²) in [6, 6.07) is 18.7. The largest absolute Gasteiger partial charge is 0.496 e. The van der Waals surface area contributed by atoms with Gasteiger partial charge in [0.25, 0.3) is 0 Å². The second-order valence-electron chi connectivity index (χ2n) is 6.68. The number of ether oxygens (including phenoxy) is 2. The molecule has 0 spiro atoms.